The van der Waals surface area contributed by atoms with Gasteiger partial charge in [-0.15, -0.1) is 0 Å². The second kappa shape index (κ2) is 5.86. The largest absolute Gasteiger partial charge is 0.448 e. The first-order valence-corrected chi connectivity index (χ1v) is 6.14. The van der Waals surface area contributed by atoms with E-state index in [1.807, 2.05) is 13.1 Å². The zero-order valence-corrected chi connectivity index (χ0v) is 11.1. The minimum absolute atomic E-state index is 0.0195. The van der Waals surface area contributed by atoms with Gasteiger partial charge in [0.25, 0.3) is 5.69 Å². The minimum atomic E-state index is -0.411. The van der Waals surface area contributed by atoms with E-state index >= 15 is 0 Å². The Morgan fingerprint density at radius 2 is 2.00 bits per heavy atom. The summed E-state index contributed by atoms with van der Waals surface area (Å²) in [6.07, 6.45) is 0.665. The monoisotopic (exact) mass is 280 g/mol. The Morgan fingerprint density at radius 1 is 1.32 bits per heavy atom. The van der Waals surface area contributed by atoms with E-state index in [0.29, 0.717) is 11.6 Å². The van der Waals surface area contributed by atoms with Crippen molar-refractivity contribution in [2.75, 3.05) is 7.05 Å². The molecule has 1 aromatic heterocycles. The van der Waals surface area contributed by atoms with Crippen LogP contribution in [0.15, 0.2) is 40.8 Å². The number of halogens is 1. The molecule has 5 nitrogen and oxygen atoms in total. The van der Waals surface area contributed by atoms with E-state index in [1.165, 1.54) is 12.1 Å². The van der Waals surface area contributed by atoms with Crippen molar-refractivity contribution in [2.45, 2.75) is 12.5 Å². The Balaban J connectivity index is 2.12. The molecule has 0 aliphatic carbocycles. The molecule has 2 aromatic rings. The second-order valence-corrected chi connectivity index (χ2v) is 4.48. The average molecular weight is 281 g/mol. The Hall–Kier alpha value is -1.85. The summed E-state index contributed by atoms with van der Waals surface area (Å²) >= 11 is 5.75. The first-order valence-electron chi connectivity index (χ1n) is 5.76. The van der Waals surface area contributed by atoms with E-state index < -0.39 is 4.92 Å². The lowest BCUT2D eigenvalue weighted by Crippen LogP contribution is -2.18. The van der Waals surface area contributed by atoms with Crippen LogP contribution in [0.1, 0.15) is 17.4 Å². The summed E-state index contributed by atoms with van der Waals surface area (Å²) in [6, 6.07) is 9.97. The van der Waals surface area contributed by atoms with Crippen LogP contribution in [0, 0.1) is 10.1 Å². The molecule has 2 rings (SSSR count). The molecule has 6 heteroatoms. The lowest BCUT2D eigenvalue weighted by Gasteiger charge is -2.13. The second-order valence-electron chi connectivity index (χ2n) is 4.11. The first-order chi connectivity index (χ1) is 9.10. The molecule has 1 unspecified atom stereocenters. The van der Waals surface area contributed by atoms with E-state index in [-0.39, 0.29) is 11.7 Å². The number of nitrogens with one attached hydrogen (secondary N) is 1. The van der Waals surface area contributed by atoms with Crippen molar-refractivity contribution < 1.29 is 9.34 Å². The molecule has 1 heterocycles. The van der Waals surface area contributed by atoms with Crippen LogP contribution in [-0.2, 0) is 6.42 Å². The summed E-state index contributed by atoms with van der Waals surface area (Å²) in [4.78, 5) is 10.2. The summed E-state index contributed by atoms with van der Waals surface area (Å²) in [5, 5.41) is 14.1. The predicted octanol–water partition coefficient (Wildman–Crippen LogP) is 3.34. The standard InChI is InChI=1S/C13H13ClN2O3/c1-15-11(12-6-7-13(14)19-12)8-9-2-4-10(5-3-9)16(17)18/h2-7,11,15H,8H2,1H3. The smallest absolute Gasteiger partial charge is 0.269 e. The molecule has 0 bridgehead atoms. The molecule has 100 valence electrons. The van der Waals surface area contributed by atoms with Crippen LogP contribution in [0.2, 0.25) is 5.22 Å². The fourth-order valence-corrected chi connectivity index (χ4v) is 2.00. The van der Waals surface area contributed by atoms with Crippen LogP contribution in [0.25, 0.3) is 0 Å². The van der Waals surface area contributed by atoms with Gasteiger partial charge in [-0.25, -0.2) is 0 Å². The molecule has 19 heavy (non-hydrogen) atoms. The summed E-state index contributed by atoms with van der Waals surface area (Å²) in [6.45, 7) is 0. The number of hydrogen-bond donors (Lipinski definition) is 1. The lowest BCUT2D eigenvalue weighted by atomic mass is 10.0. The number of likely N-dealkylation sites (N-methyl/N-ethyl adjacent to an activating group) is 1. The van der Waals surface area contributed by atoms with E-state index in [4.69, 9.17) is 16.0 Å². The topological polar surface area (TPSA) is 68.3 Å². The van der Waals surface area contributed by atoms with Gasteiger partial charge in [0.15, 0.2) is 5.22 Å². The molecule has 0 aliphatic rings. The SMILES string of the molecule is CNC(Cc1ccc([N+](=O)[O-])cc1)c1ccc(Cl)o1. The van der Waals surface area contributed by atoms with E-state index in [0.717, 1.165) is 11.3 Å². The Labute approximate surface area is 115 Å². The number of non-ortho nitro benzene ring substituents is 1. The molecule has 1 atom stereocenters. The van der Waals surface area contributed by atoms with Crippen molar-refractivity contribution in [1.82, 2.24) is 5.32 Å². The number of nitro groups is 1. The Kier molecular flexibility index (Phi) is 4.19. The van der Waals surface area contributed by atoms with Gasteiger partial charge in [-0.05, 0) is 42.8 Å². The molecular weight excluding hydrogens is 268 g/mol. The highest BCUT2D eigenvalue weighted by molar-refractivity contribution is 6.28. The average Bonchev–Trinajstić information content (AvgIpc) is 2.83. The van der Waals surface area contributed by atoms with Gasteiger partial charge in [-0.2, -0.15) is 0 Å². The van der Waals surface area contributed by atoms with Crippen molar-refractivity contribution in [3.05, 3.63) is 63.1 Å². The van der Waals surface area contributed by atoms with Crippen LogP contribution in [0.4, 0.5) is 5.69 Å². The summed E-state index contributed by atoms with van der Waals surface area (Å²) in [5.41, 5.74) is 1.07. The van der Waals surface area contributed by atoms with Crippen LogP contribution in [-0.4, -0.2) is 12.0 Å². The van der Waals surface area contributed by atoms with Gasteiger partial charge in [0.1, 0.15) is 5.76 Å². The normalized spacial score (nSPS) is 12.3. The van der Waals surface area contributed by atoms with E-state index in [2.05, 4.69) is 5.32 Å². The molecule has 1 aromatic carbocycles. The lowest BCUT2D eigenvalue weighted by molar-refractivity contribution is -0.384. The number of rotatable bonds is 5. The number of furan rings is 1. The first kappa shape index (κ1) is 13.6. The molecule has 0 saturated carbocycles. The molecular formula is C13H13ClN2O3. The van der Waals surface area contributed by atoms with Crippen LogP contribution < -0.4 is 5.32 Å². The maximum absolute atomic E-state index is 10.6. The molecule has 0 radical (unpaired) electrons. The zero-order chi connectivity index (χ0) is 13.8. The quantitative estimate of drug-likeness (QED) is 0.674. The van der Waals surface area contributed by atoms with Crippen molar-refractivity contribution in [1.29, 1.82) is 0 Å². The molecule has 0 spiro atoms. The van der Waals surface area contributed by atoms with Crippen molar-refractivity contribution in [3.8, 4) is 0 Å². The van der Waals surface area contributed by atoms with Gasteiger partial charge >= 0.3 is 0 Å². The van der Waals surface area contributed by atoms with Crippen molar-refractivity contribution in [2.24, 2.45) is 0 Å². The number of benzene rings is 1. The molecule has 0 fully saturated rings. The zero-order valence-electron chi connectivity index (χ0n) is 10.3. The Morgan fingerprint density at radius 3 is 2.47 bits per heavy atom. The van der Waals surface area contributed by atoms with E-state index in [9.17, 15) is 10.1 Å². The summed E-state index contributed by atoms with van der Waals surface area (Å²) in [5.74, 6) is 0.742. The van der Waals surface area contributed by atoms with Gasteiger partial charge < -0.3 is 9.73 Å². The Bertz CT molecular complexity index is 566. The number of hydrogen-bond acceptors (Lipinski definition) is 4. The predicted molar refractivity (Wildman–Crippen MR) is 72.3 cm³/mol. The highest BCUT2D eigenvalue weighted by Gasteiger charge is 2.15. The van der Waals surface area contributed by atoms with Gasteiger partial charge in [-0.1, -0.05) is 12.1 Å². The fourth-order valence-electron chi connectivity index (χ4n) is 1.85. The third-order valence-corrected chi connectivity index (χ3v) is 3.08. The maximum atomic E-state index is 10.6. The third kappa shape index (κ3) is 3.33. The van der Waals surface area contributed by atoms with Crippen LogP contribution in [0.3, 0.4) is 0 Å². The van der Waals surface area contributed by atoms with E-state index in [1.54, 1.807) is 18.2 Å². The highest BCUT2D eigenvalue weighted by atomic mass is 35.5. The maximum Gasteiger partial charge on any atom is 0.269 e. The fraction of sp³-hybridized carbons (Fsp3) is 0.231. The van der Waals surface area contributed by atoms with Crippen LogP contribution >= 0.6 is 11.6 Å². The number of nitrogens with zero attached hydrogens (tertiary/aromatic N) is 1. The van der Waals surface area contributed by atoms with Gasteiger partial charge in [0.05, 0.1) is 11.0 Å². The van der Waals surface area contributed by atoms with Crippen molar-refractivity contribution in [3.63, 3.8) is 0 Å². The minimum Gasteiger partial charge on any atom is -0.448 e. The van der Waals surface area contributed by atoms with Crippen molar-refractivity contribution >= 4 is 17.3 Å². The molecule has 1 N–H and O–H groups in total. The van der Waals surface area contributed by atoms with Gasteiger partial charge in [0.2, 0.25) is 0 Å². The molecule has 0 amide bonds. The highest BCUT2D eigenvalue weighted by Crippen LogP contribution is 2.23. The summed E-state index contributed by atoms with van der Waals surface area (Å²) in [7, 11) is 1.83. The molecule has 0 aliphatic heterocycles. The third-order valence-electron chi connectivity index (χ3n) is 2.87. The van der Waals surface area contributed by atoms with Gasteiger partial charge in [-0.3, -0.25) is 10.1 Å². The van der Waals surface area contributed by atoms with Gasteiger partial charge in [0, 0.05) is 12.1 Å². The number of nitro benzene ring substituents is 1. The molecule has 0 saturated heterocycles. The summed E-state index contributed by atoms with van der Waals surface area (Å²) < 4.78 is 5.37. The van der Waals surface area contributed by atoms with Crippen LogP contribution in [0.5, 0.6) is 0 Å².